The molecule has 5 rings (SSSR count). The van der Waals surface area contributed by atoms with Crippen LogP contribution >= 0.6 is 0 Å². The van der Waals surface area contributed by atoms with E-state index in [1.165, 1.54) is 0 Å². The lowest BCUT2D eigenvalue weighted by Crippen LogP contribution is -2.35. The zero-order valence-electron chi connectivity index (χ0n) is 23.1. The number of hydrogen-bond acceptors (Lipinski definition) is 6. The summed E-state index contributed by atoms with van der Waals surface area (Å²) in [7, 11) is 0. The lowest BCUT2D eigenvalue weighted by Gasteiger charge is -2.27. The normalized spacial score (nSPS) is 13.9. The standard InChI is InChI=1S/C31H35FN6O2/c1-5-23(8-6-11-28-35-30(36-40-28)24-13-14-24)17-37(29(39)15-12-20(2)32)26-10-7-9-25(16-26)27-18-38-31(33-19-34-38)22(4)21(27)3/h5,7,9-10,16,18-19,23-24H,1-2,6,8,11-15,17H2,3-4H3. The van der Waals surface area contributed by atoms with Gasteiger partial charge in [0.15, 0.2) is 11.5 Å². The van der Waals surface area contributed by atoms with Gasteiger partial charge in [-0.25, -0.2) is 13.9 Å². The van der Waals surface area contributed by atoms with Crippen LogP contribution in [-0.4, -0.2) is 37.2 Å². The van der Waals surface area contributed by atoms with Crippen LogP contribution < -0.4 is 4.90 Å². The summed E-state index contributed by atoms with van der Waals surface area (Å²) in [6.45, 7) is 11.9. The van der Waals surface area contributed by atoms with Gasteiger partial charge in [-0.3, -0.25) is 4.79 Å². The van der Waals surface area contributed by atoms with Gasteiger partial charge in [-0.05, 0) is 74.3 Å². The molecule has 0 saturated heterocycles. The minimum absolute atomic E-state index is 0.00443. The molecular formula is C31H35FN6O2. The number of aryl methyl sites for hydroxylation is 2. The van der Waals surface area contributed by atoms with E-state index in [-0.39, 0.29) is 24.7 Å². The summed E-state index contributed by atoms with van der Waals surface area (Å²) in [6.07, 6.45) is 9.98. The quantitative estimate of drug-likeness (QED) is 0.175. The summed E-state index contributed by atoms with van der Waals surface area (Å²) in [6, 6.07) is 7.88. The summed E-state index contributed by atoms with van der Waals surface area (Å²) >= 11 is 0. The van der Waals surface area contributed by atoms with Crippen LogP contribution in [0.3, 0.4) is 0 Å². The van der Waals surface area contributed by atoms with Crippen molar-refractivity contribution in [1.82, 2.24) is 24.7 Å². The van der Waals surface area contributed by atoms with E-state index in [1.807, 2.05) is 43.5 Å². The molecule has 3 heterocycles. The molecule has 40 heavy (non-hydrogen) atoms. The molecule has 1 saturated carbocycles. The Labute approximate surface area is 233 Å². The average Bonchev–Trinajstić information content (AvgIpc) is 3.50. The molecule has 1 fully saturated rings. The van der Waals surface area contributed by atoms with Crippen molar-refractivity contribution in [3.8, 4) is 11.1 Å². The van der Waals surface area contributed by atoms with Crippen LogP contribution in [0.1, 0.15) is 67.3 Å². The largest absolute Gasteiger partial charge is 0.339 e. The van der Waals surface area contributed by atoms with Crippen molar-refractivity contribution in [2.75, 3.05) is 11.4 Å². The van der Waals surface area contributed by atoms with Gasteiger partial charge in [-0.1, -0.05) is 29.9 Å². The zero-order valence-corrected chi connectivity index (χ0v) is 23.1. The van der Waals surface area contributed by atoms with E-state index in [0.29, 0.717) is 24.8 Å². The molecule has 3 aromatic heterocycles. The fraction of sp³-hybridized carbons (Fsp3) is 0.387. The fourth-order valence-corrected chi connectivity index (χ4v) is 4.97. The minimum atomic E-state index is -0.500. The Morgan fingerprint density at radius 3 is 2.85 bits per heavy atom. The van der Waals surface area contributed by atoms with Gasteiger partial charge in [-0.15, -0.1) is 6.58 Å². The highest BCUT2D eigenvalue weighted by molar-refractivity contribution is 5.94. The van der Waals surface area contributed by atoms with Crippen molar-refractivity contribution in [2.45, 2.75) is 64.7 Å². The van der Waals surface area contributed by atoms with Gasteiger partial charge in [0.1, 0.15) is 6.33 Å². The molecule has 1 aliphatic rings. The molecule has 1 aromatic carbocycles. The van der Waals surface area contributed by atoms with Crippen LogP contribution in [0.25, 0.3) is 16.8 Å². The second kappa shape index (κ2) is 11.9. The highest BCUT2D eigenvalue weighted by Gasteiger charge is 2.28. The third kappa shape index (κ3) is 6.19. The van der Waals surface area contributed by atoms with E-state index in [2.05, 4.69) is 40.3 Å². The lowest BCUT2D eigenvalue weighted by molar-refractivity contribution is -0.118. The second-order valence-electron chi connectivity index (χ2n) is 10.6. The van der Waals surface area contributed by atoms with E-state index in [0.717, 1.165) is 65.1 Å². The van der Waals surface area contributed by atoms with Gasteiger partial charge < -0.3 is 9.42 Å². The van der Waals surface area contributed by atoms with Crippen LogP contribution in [0.5, 0.6) is 0 Å². The van der Waals surface area contributed by atoms with E-state index >= 15 is 0 Å². The predicted molar refractivity (Wildman–Crippen MR) is 153 cm³/mol. The summed E-state index contributed by atoms with van der Waals surface area (Å²) < 4.78 is 20.7. The first kappa shape index (κ1) is 27.4. The van der Waals surface area contributed by atoms with Crippen molar-refractivity contribution in [1.29, 1.82) is 0 Å². The molecule has 0 radical (unpaired) electrons. The molecule has 4 aromatic rings. The number of hydrogen-bond donors (Lipinski definition) is 0. The Balaban J connectivity index is 1.35. The fourth-order valence-electron chi connectivity index (χ4n) is 4.97. The Bertz CT molecular complexity index is 1540. The summed E-state index contributed by atoms with van der Waals surface area (Å²) in [4.78, 5) is 24.0. The average molecular weight is 543 g/mol. The molecule has 8 nitrogen and oxygen atoms in total. The number of nitrogens with zero attached hydrogens (tertiary/aromatic N) is 6. The number of benzene rings is 1. The zero-order chi connectivity index (χ0) is 28.2. The Morgan fingerprint density at radius 2 is 2.10 bits per heavy atom. The molecule has 1 aliphatic carbocycles. The van der Waals surface area contributed by atoms with Crippen molar-refractivity contribution in [3.05, 3.63) is 84.7 Å². The van der Waals surface area contributed by atoms with Crippen molar-refractivity contribution >= 4 is 17.2 Å². The predicted octanol–water partition coefficient (Wildman–Crippen LogP) is 6.70. The first-order valence-electron chi connectivity index (χ1n) is 13.8. The second-order valence-corrected chi connectivity index (χ2v) is 10.6. The lowest BCUT2D eigenvalue weighted by atomic mass is 9.98. The topological polar surface area (TPSA) is 89.4 Å². The van der Waals surface area contributed by atoms with Crippen LogP contribution in [0, 0.1) is 19.8 Å². The van der Waals surface area contributed by atoms with Crippen molar-refractivity contribution in [3.63, 3.8) is 0 Å². The highest BCUT2D eigenvalue weighted by atomic mass is 19.1. The number of halogens is 1. The van der Waals surface area contributed by atoms with Crippen LogP contribution in [0.15, 0.2) is 66.4 Å². The Hall–Kier alpha value is -4.14. The molecule has 1 amide bonds. The monoisotopic (exact) mass is 542 g/mol. The first-order valence-corrected chi connectivity index (χ1v) is 13.8. The first-order chi connectivity index (χ1) is 19.3. The van der Waals surface area contributed by atoms with E-state index in [4.69, 9.17) is 4.52 Å². The number of pyridine rings is 1. The SMILES string of the molecule is C=CC(CCCc1nc(C2CC2)no1)CN(C(=O)CCC(=C)F)c1cccc(-c2cn3ncnc3c(C)c2C)c1. The number of amides is 1. The number of carbonyl (C=O) groups excluding carboxylic acids is 1. The summed E-state index contributed by atoms with van der Waals surface area (Å²) in [5.41, 5.74) is 5.68. The molecule has 0 aliphatic heterocycles. The number of anilines is 1. The third-order valence-electron chi connectivity index (χ3n) is 7.65. The van der Waals surface area contributed by atoms with E-state index < -0.39 is 5.83 Å². The van der Waals surface area contributed by atoms with Crippen LogP contribution in [0.4, 0.5) is 10.1 Å². The maximum atomic E-state index is 13.5. The van der Waals surface area contributed by atoms with Gasteiger partial charge in [0.25, 0.3) is 0 Å². The molecule has 1 unspecified atom stereocenters. The minimum Gasteiger partial charge on any atom is -0.339 e. The van der Waals surface area contributed by atoms with Crippen LogP contribution in [-0.2, 0) is 11.2 Å². The molecule has 9 heteroatoms. The molecule has 0 bridgehead atoms. The smallest absolute Gasteiger partial charge is 0.227 e. The molecular weight excluding hydrogens is 507 g/mol. The van der Waals surface area contributed by atoms with Gasteiger partial charge in [-0.2, -0.15) is 10.1 Å². The van der Waals surface area contributed by atoms with Crippen molar-refractivity contribution < 1.29 is 13.7 Å². The number of allylic oxidation sites excluding steroid dienone is 1. The third-order valence-corrected chi connectivity index (χ3v) is 7.65. The maximum absolute atomic E-state index is 13.5. The molecule has 1 atom stereocenters. The number of carbonyl (C=O) groups is 1. The van der Waals surface area contributed by atoms with Gasteiger partial charge in [0.05, 0.1) is 5.83 Å². The molecule has 0 spiro atoms. The van der Waals surface area contributed by atoms with Gasteiger partial charge in [0, 0.05) is 49.2 Å². The van der Waals surface area contributed by atoms with Gasteiger partial charge >= 0.3 is 0 Å². The van der Waals surface area contributed by atoms with E-state index in [1.54, 1.807) is 15.7 Å². The molecule has 0 N–H and O–H groups in total. The van der Waals surface area contributed by atoms with Crippen LogP contribution in [0.2, 0.25) is 0 Å². The maximum Gasteiger partial charge on any atom is 0.227 e. The Morgan fingerprint density at radius 1 is 1.27 bits per heavy atom. The summed E-state index contributed by atoms with van der Waals surface area (Å²) in [5.74, 6) is 1.30. The number of fused-ring (bicyclic) bond motifs is 1. The van der Waals surface area contributed by atoms with Gasteiger partial charge in [0.2, 0.25) is 11.8 Å². The highest BCUT2D eigenvalue weighted by Crippen LogP contribution is 2.38. The number of rotatable bonds is 13. The molecule has 208 valence electrons. The summed E-state index contributed by atoms with van der Waals surface area (Å²) in [5, 5.41) is 8.41. The Kier molecular flexibility index (Phi) is 8.19. The number of aromatic nitrogens is 5. The van der Waals surface area contributed by atoms with Crippen molar-refractivity contribution in [2.24, 2.45) is 5.92 Å². The van der Waals surface area contributed by atoms with E-state index in [9.17, 15) is 9.18 Å².